The molecule has 0 radical (unpaired) electrons. The average Bonchev–Trinajstić information content (AvgIpc) is 2.99. The lowest BCUT2D eigenvalue weighted by molar-refractivity contribution is -0.177. The highest BCUT2D eigenvalue weighted by molar-refractivity contribution is 5.74. The second-order valence-electron chi connectivity index (χ2n) is 5.15. The highest BCUT2D eigenvalue weighted by Gasteiger charge is 2.42. The van der Waals surface area contributed by atoms with Crippen molar-refractivity contribution in [2.75, 3.05) is 6.61 Å². The maximum absolute atomic E-state index is 12.0. The number of alkyl halides is 3. The number of aliphatic carboxylic acids is 1. The Kier molecular flexibility index (Phi) is 4.45. The number of ether oxygens (including phenoxy) is 1. The fraction of sp³-hybridized carbons (Fsp3) is 0.818. The molecule has 0 aliphatic heterocycles. The fourth-order valence-electron chi connectivity index (χ4n) is 2.49. The molecule has 0 atom stereocenters. The second kappa shape index (κ2) is 5.96. The predicted molar refractivity (Wildman–Crippen MR) is 62.1 cm³/mol. The Hall–Kier alpha value is -1.71. The minimum atomic E-state index is -4.42. The van der Waals surface area contributed by atoms with Crippen molar-refractivity contribution < 1.29 is 27.8 Å². The van der Waals surface area contributed by atoms with Gasteiger partial charge in [-0.3, -0.25) is 4.79 Å². The van der Waals surface area contributed by atoms with Crippen molar-refractivity contribution in [3.05, 3.63) is 5.82 Å². The van der Waals surface area contributed by atoms with Gasteiger partial charge in [0.05, 0.1) is 12.0 Å². The molecule has 1 saturated carbocycles. The van der Waals surface area contributed by atoms with Gasteiger partial charge in [0.2, 0.25) is 0 Å². The van der Waals surface area contributed by atoms with Gasteiger partial charge in [-0.1, -0.05) is 12.8 Å². The Morgan fingerprint density at radius 3 is 2.62 bits per heavy atom. The first kappa shape index (κ1) is 15.7. The normalized spacial score (nSPS) is 18.0. The van der Waals surface area contributed by atoms with Crippen LogP contribution in [0, 0.1) is 5.41 Å². The van der Waals surface area contributed by atoms with Crippen LogP contribution in [-0.2, 0) is 22.7 Å². The molecule has 1 heterocycles. The lowest BCUT2D eigenvalue weighted by Gasteiger charge is -2.23. The molecular formula is C11H15F3N4O3. The molecule has 1 fully saturated rings. The summed E-state index contributed by atoms with van der Waals surface area (Å²) in [6.07, 6.45) is -1.81. The molecular weight excluding hydrogens is 293 g/mol. The highest BCUT2D eigenvalue weighted by atomic mass is 19.4. The molecule has 0 amide bonds. The number of hydrogen-bond acceptors (Lipinski definition) is 5. The van der Waals surface area contributed by atoms with Crippen LogP contribution in [0.3, 0.4) is 0 Å². The van der Waals surface area contributed by atoms with Crippen molar-refractivity contribution >= 4 is 5.97 Å². The summed E-state index contributed by atoms with van der Waals surface area (Å²) in [5, 5.41) is 20.0. The maximum atomic E-state index is 12.0. The molecule has 7 nitrogen and oxygen atoms in total. The lowest BCUT2D eigenvalue weighted by atomic mass is 9.86. The Morgan fingerprint density at radius 2 is 2.05 bits per heavy atom. The molecule has 1 aromatic heterocycles. The Bertz CT molecular complexity index is 497. The first-order valence-corrected chi connectivity index (χ1v) is 6.45. The van der Waals surface area contributed by atoms with Gasteiger partial charge in [-0.15, -0.1) is 5.10 Å². The van der Waals surface area contributed by atoms with Crippen LogP contribution in [0.1, 0.15) is 31.5 Å². The van der Waals surface area contributed by atoms with Gasteiger partial charge in [-0.05, 0) is 23.3 Å². The molecule has 2 rings (SSSR count). The average molecular weight is 308 g/mol. The summed E-state index contributed by atoms with van der Waals surface area (Å²) in [6.45, 7) is -1.77. The van der Waals surface area contributed by atoms with E-state index in [2.05, 4.69) is 20.3 Å². The molecule has 118 valence electrons. The van der Waals surface area contributed by atoms with Crippen LogP contribution < -0.4 is 0 Å². The number of carbonyl (C=O) groups is 1. The number of rotatable bonds is 6. The number of halogens is 3. The quantitative estimate of drug-likeness (QED) is 0.854. The minimum absolute atomic E-state index is 0.0417. The van der Waals surface area contributed by atoms with Gasteiger partial charge in [-0.2, -0.15) is 13.2 Å². The molecule has 0 unspecified atom stereocenters. The van der Waals surface area contributed by atoms with Crippen LogP contribution in [0.15, 0.2) is 0 Å². The van der Waals surface area contributed by atoms with E-state index in [1.807, 2.05) is 0 Å². The van der Waals surface area contributed by atoms with Gasteiger partial charge < -0.3 is 9.84 Å². The number of carboxylic acid groups (broad SMARTS) is 1. The molecule has 1 aromatic rings. The van der Waals surface area contributed by atoms with Crippen LogP contribution >= 0.6 is 0 Å². The van der Waals surface area contributed by atoms with E-state index in [0.717, 1.165) is 12.8 Å². The smallest absolute Gasteiger partial charge is 0.411 e. The zero-order valence-electron chi connectivity index (χ0n) is 11.1. The van der Waals surface area contributed by atoms with Crippen molar-refractivity contribution in [2.24, 2.45) is 5.41 Å². The van der Waals surface area contributed by atoms with Crippen molar-refractivity contribution in [2.45, 2.75) is 45.0 Å². The van der Waals surface area contributed by atoms with Crippen molar-refractivity contribution in [1.82, 2.24) is 20.2 Å². The largest absolute Gasteiger partial charge is 0.481 e. The van der Waals surface area contributed by atoms with Crippen molar-refractivity contribution in [3.63, 3.8) is 0 Å². The van der Waals surface area contributed by atoms with Gasteiger partial charge in [-0.25, -0.2) is 4.68 Å². The monoisotopic (exact) mass is 308 g/mol. The van der Waals surface area contributed by atoms with E-state index in [1.54, 1.807) is 0 Å². The summed E-state index contributed by atoms with van der Waals surface area (Å²) in [7, 11) is 0. The molecule has 1 aliphatic rings. The van der Waals surface area contributed by atoms with Crippen molar-refractivity contribution in [3.8, 4) is 0 Å². The third-order valence-corrected chi connectivity index (χ3v) is 3.57. The van der Waals surface area contributed by atoms with Crippen molar-refractivity contribution in [1.29, 1.82) is 0 Å². The summed E-state index contributed by atoms with van der Waals surface area (Å²) >= 11 is 0. The number of carboxylic acids is 1. The Balaban J connectivity index is 2.01. The van der Waals surface area contributed by atoms with Crippen LogP contribution in [0.5, 0.6) is 0 Å². The van der Waals surface area contributed by atoms with Gasteiger partial charge >= 0.3 is 12.1 Å². The van der Waals surface area contributed by atoms with E-state index in [1.165, 1.54) is 4.68 Å². The molecule has 0 bridgehead atoms. The predicted octanol–water partition coefficient (Wildman–Crippen LogP) is 1.40. The van der Waals surface area contributed by atoms with Crippen LogP contribution in [-0.4, -0.2) is 44.1 Å². The molecule has 21 heavy (non-hydrogen) atoms. The van der Waals surface area contributed by atoms with Gasteiger partial charge in [0.25, 0.3) is 0 Å². The summed E-state index contributed by atoms with van der Waals surface area (Å²) < 4.78 is 41.8. The summed E-state index contributed by atoms with van der Waals surface area (Å²) in [5.74, 6) is -0.843. The lowest BCUT2D eigenvalue weighted by Crippen LogP contribution is -2.34. The maximum Gasteiger partial charge on any atom is 0.411 e. The molecule has 0 aromatic carbocycles. The first-order valence-electron chi connectivity index (χ1n) is 6.45. The third-order valence-electron chi connectivity index (χ3n) is 3.57. The summed E-state index contributed by atoms with van der Waals surface area (Å²) in [5.41, 5.74) is -0.950. The number of nitrogens with zero attached hydrogens (tertiary/aromatic N) is 4. The summed E-state index contributed by atoms with van der Waals surface area (Å²) in [6, 6.07) is 0. The van der Waals surface area contributed by atoms with E-state index >= 15 is 0 Å². The number of hydrogen-bond donors (Lipinski definition) is 1. The topological polar surface area (TPSA) is 90.1 Å². The Morgan fingerprint density at radius 1 is 1.38 bits per heavy atom. The minimum Gasteiger partial charge on any atom is -0.481 e. The van der Waals surface area contributed by atoms with E-state index in [-0.39, 0.29) is 12.4 Å². The van der Waals surface area contributed by atoms with E-state index < -0.39 is 30.8 Å². The molecule has 0 saturated heterocycles. The summed E-state index contributed by atoms with van der Waals surface area (Å²) in [4.78, 5) is 11.4. The van der Waals surface area contributed by atoms with Crippen LogP contribution in [0.4, 0.5) is 13.2 Å². The number of tetrazole rings is 1. The Labute approximate surface area is 118 Å². The molecule has 10 heteroatoms. The highest BCUT2D eigenvalue weighted by Crippen LogP contribution is 2.39. The fourth-order valence-corrected chi connectivity index (χ4v) is 2.49. The van der Waals surface area contributed by atoms with E-state index in [9.17, 15) is 23.1 Å². The second-order valence-corrected chi connectivity index (χ2v) is 5.15. The third kappa shape index (κ3) is 3.90. The first-order chi connectivity index (χ1) is 9.82. The van der Waals surface area contributed by atoms with E-state index in [4.69, 9.17) is 0 Å². The van der Waals surface area contributed by atoms with Crippen LogP contribution in [0.25, 0.3) is 0 Å². The SMILES string of the molecule is O=C(O)C1(Cn2nnnc2COCC(F)(F)F)CCCC1. The zero-order chi connectivity index (χ0) is 15.5. The molecule has 1 N–H and O–H groups in total. The van der Waals surface area contributed by atoms with Gasteiger partial charge in [0, 0.05) is 0 Å². The van der Waals surface area contributed by atoms with Crippen LogP contribution in [0.2, 0.25) is 0 Å². The van der Waals surface area contributed by atoms with E-state index in [0.29, 0.717) is 12.8 Å². The standard InChI is InChI=1S/C11H15F3N4O3/c12-11(13,14)7-21-5-8-15-16-17-18(8)6-10(9(19)20)3-1-2-4-10/h1-7H2,(H,19,20). The van der Waals surface area contributed by atoms with Gasteiger partial charge in [0.15, 0.2) is 5.82 Å². The number of aromatic nitrogens is 4. The zero-order valence-corrected chi connectivity index (χ0v) is 11.1. The molecule has 1 aliphatic carbocycles. The van der Waals surface area contributed by atoms with Gasteiger partial charge in [0.1, 0.15) is 13.2 Å². The molecule has 0 spiro atoms.